The van der Waals surface area contributed by atoms with E-state index in [1.165, 1.54) is 0 Å². The minimum absolute atomic E-state index is 0. The van der Waals surface area contributed by atoms with Gasteiger partial charge in [-0.15, -0.1) is 0 Å². The Morgan fingerprint density at radius 2 is 1.25 bits per heavy atom. The Morgan fingerprint density at radius 3 is 1.45 bits per heavy atom. The Labute approximate surface area is 131 Å². The SMILES string of the molecule is O=[N+]([O-])c1cc([N+](=O)[O-])c(S(=O)(=O)O)c([N+](=O)[O-])c1.[Na]. The Kier molecular flexibility index (Phi) is 5.67. The zero-order valence-corrected chi connectivity index (χ0v) is 12.4. The van der Waals surface area contributed by atoms with Crippen molar-refractivity contribution in [2.45, 2.75) is 4.90 Å². The van der Waals surface area contributed by atoms with E-state index in [-0.39, 0.29) is 41.7 Å². The van der Waals surface area contributed by atoms with Crippen LogP contribution in [0.1, 0.15) is 0 Å². The van der Waals surface area contributed by atoms with Gasteiger partial charge in [-0.05, 0) is 0 Å². The van der Waals surface area contributed by atoms with Gasteiger partial charge in [0.05, 0.1) is 26.9 Å². The van der Waals surface area contributed by atoms with Crippen LogP contribution >= 0.6 is 0 Å². The van der Waals surface area contributed by atoms with Crippen LogP contribution in [0.3, 0.4) is 0 Å². The molecule has 0 aromatic heterocycles. The van der Waals surface area contributed by atoms with Gasteiger partial charge < -0.3 is 0 Å². The summed E-state index contributed by atoms with van der Waals surface area (Å²) in [5, 5.41) is 31.7. The minimum Gasteiger partial charge on any atom is -0.281 e. The van der Waals surface area contributed by atoms with Gasteiger partial charge in [-0.3, -0.25) is 34.9 Å². The van der Waals surface area contributed by atoms with Crippen molar-refractivity contribution >= 4 is 56.7 Å². The summed E-state index contributed by atoms with van der Waals surface area (Å²) >= 11 is 0. The fourth-order valence-corrected chi connectivity index (χ4v) is 2.02. The molecule has 0 aliphatic heterocycles. The first-order chi connectivity index (χ1) is 8.55. The molecule has 0 aliphatic carbocycles. The molecule has 0 saturated carbocycles. The average molecular weight is 316 g/mol. The van der Waals surface area contributed by atoms with Gasteiger partial charge in [-0.1, -0.05) is 0 Å². The van der Waals surface area contributed by atoms with E-state index in [4.69, 9.17) is 4.55 Å². The molecule has 0 saturated heterocycles. The molecule has 1 aromatic carbocycles. The predicted molar refractivity (Wildman–Crippen MR) is 62.0 cm³/mol. The van der Waals surface area contributed by atoms with Crippen LogP contribution in [0.25, 0.3) is 0 Å². The summed E-state index contributed by atoms with van der Waals surface area (Å²) < 4.78 is 30.7. The molecule has 0 atom stereocenters. The third-order valence-corrected chi connectivity index (χ3v) is 2.83. The second-order valence-electron chi connectivity index (χ2n) is 3.06. The van der Waals surface area contributed by atoms with Gasteiger partial charge in [-0.25, -0.2) is 0 Å². The molecule has 1 radical (unpaired) electrons. The molecule has 0 heterocycles. The van der Waals surface area contributed by atoms with Crippen molar-refractivity contribution in [1.29, 1.82) is 0 Å². The minimum atomic E-state index is -5.30. The molecule has 1 N–H and O–H groups in total. The molecule has 0 unspecified atom stereocenters. The van der Waals surface area contributed by atoms with Crippen molar-refractivity contribution in [1.82, 2.24) is 0 Å². The van der Waals surface area contributed by atoms with Gasteiger partial charge in [0.25, 0.3) is 5.69 Å². The third-order valence-electron chi connectivity index (χ3n) is 1.90. The van der Waals surface area contributed by atoms with Crippen molar-refractivity contribution in [3.05, 3.63) is 42.5 Å². The molecule has 0 amide bonds. The number of hydrogen-bond acceptors (Lipinski definition) is 8. The van der Waals surface area contributed by atoms with E-state index < -0.39 is 46.8 Å². The second kappa shape index (κ2) is 6.19. The van der Waals surface area contributed by atoms with Crippen LogP contribution in [0.15, 0.2) is 17.0 Å². The maximum atomic E-state index is 10.9. The van der Waals surface area contributed by atoms with Crippen LogP contribution in [0.5, 0.6) is 0 Å². The van der Waals surface area contributed by atoms with E-state index in [1.54, 1.807) is 0 Å². The maximum absolute atomic E-state index is 10.9. The van der Waals surface area contributed by atoms with Gasteiger partial charge >= 0.3 is 21.5 Å². The maximum Gasteiger partial charge on any atom is 0.308 e. The fourth-order valence-electron chi connectivity index (χ4n) is 1.23. The first kappa shape index (κ1) is 18.3. The van der Waals surface area contributed by atoms with Gasteiger partial charge in [-0.2, -0.15) is 8.42 Å². The molecule has 12 nitrogen and oxygen atoms in total. The van der Waals surface area contributed by atoms with Gasteiger partial charge in [0.15, 0.2) is 0 Å². The van der Waals surface area contributed by atoms with Crippen molar-refractivity contribution in [2.75, 3.05) is 0 Å². The first-order valence-electron chi connectivity index (χ1n) is 4.14. The van der Waals surface area contributed by atoms with E-state index in [1.807, 2.05) is 0 Å². The Bertz CT molecular complexity index is 665. The number of hydrogen-bond donors (Lipinski definition) is 1. The molecule has 0 fully saturated rings. The van der Waals surface area contributed by atoms with Crippen molar-refractivity contribution in [3.8, 4) is 0 Å². The number of benzene rings is 1. The van der Waals surface area contributed by atoms with Crippen molar-refractivity contribution in [3.63, 3.8) is 0 Å². The molecule has 14 heteroatoms. The van der Waals surface area contributed by atoms with Crippen LogP contribution in [-0.2, 0) is 10.1 Å². The van der Waals surface area contributed by atoms with Crippen LogP contribution < -0.4 is 0 Å². The molecule has 20 heavy (non-hydrogen) atoms. The number of nitro benzene ring substituents is 3. The Morgan fingerprint density at radius 1 is 0.900 bits per heavy atom. The van der Waals surface area contributed by atoms with Crippen LogP contribution in [-0.4, -0.2) is 57.3 Å². The molecule has 1 rings (SSSR count). The topological polar surface area (TPSA) is 184 Å². The van der Waals surface area contributed by atoms with Gasteiger partial charge in [0.1, 0.15) is 0 Å². The third kappa shape index (κ3) is 3.67. The quantitative estimate of drug-likeness (QED) is 0.352. The second-order valence-corrected chi connectivity index (χ2v) is 4.42. The van der Waals surface area contributed by atoms with Crippen LogP contribution in [0, 0.1) is 30.3 Å². The fraction of sp³-hybridized carbons (Fsp3) is 0. The monoisotopic (exact) mass is 316 g/mol. The summed E-state index contributed by atoms with van der Waals surface area (Å²) in [6.07, 6.45) is 0. The van der Waals surface area contributed by atoms with E-state index in [0.717, 1.165) is 0 Å². The molecule has 0 aliphatic rings. The summed E-state index contributed by atoms with van der Waals surface area (Å²) in [6.45, 7) is 0. The number of nitro groups is 3. The van der Waals surface area contributed by atoms with E-state index in [2.05, 4.69) is 0 Å². The van der Waals surface area contributed by atoms with Crippen molar-refractivity contribution < 1.29 is 27.7 Å². The smallest absolute Gasteiger partial charge is 0.281 e. The average Bonchev–Trinajstić information content (AvgIpc) is 2.25. The van der Waals surface area contributed by atoms with E-state index >= 15 is 0 Å². The zero-order valence-electron chi connectivity index (χ0n) is 9.62. The molecule has 1 aromatic rings. The zero-order chi connectivity index (χ0) is 15.0. The molecule has 103 valence electrons. The summed E-state index contributed by atoms with van der Waals surface area (Å²) in [7, 11) is -5.30. The van der Waals surface area contributed by atoms with Gasteiger partial charge in [0, 0.05) is 29.6 Å². The van der Waals surface area contributed by atoms with E-state index in [9.17, 15) is 38.8 Å². The normalized spacial score (nSPS) is 10.4. The van der Waals surface area contributed by atoms with Gasteiger partial charge in [0.2, 0.25) is 4.90 Å². The van der Waals surface area contributed by atoms with E-state index in [0.29, 0.717) is 0 Å². The Hall–Kier alpha value is -1.67. The Balaban J connectivity index is 0.00000361. The molecule has 0 bridgehead atoms. The first-order valence-corrected chi connectivity index (χ1v) is 5.58. The number of nitrogens with zero attached hydrogens (tertiary/aromatic N) is 3. The molecular weight excluding hydrogens is 313 g/mol. The van der Waals surface area contributed by atoms with Crippen LogP contribution in [0.2, 0.25) is 0 Å². The summed E-state index contributed by atoms with van der Waals surface area (Å²) in [5.41, 5.74) is -3.96. The number of non-ortho nitro benzene ring substituents is 1. The largest absolute Gasteiger partial charge is 0.308 e. The number of rotatable bonds is 4. The van der Waals surface area contributed by atoms with Crippen molar-refractivity contribution in [2.24, 2.45) is 0 Å². The predicted octanol–water partition coefficient (Wildman–Crippen LogP) is 0.277. The summed E-state index contributed by atoms with van der Waals surface area (Å²) in [4.78, 5) is 26.1. The van der Waals surface area contributed by atoms with Crippen LogP contribution in [0.4, 0.5) is 17.1 Å². The summed E-state index contributed by atoms with van der Waals surface area (Å²) in [5.74, 6) is 0. The molecule has 0 spiro atoms. The molecular formula is C6H3N3NaO9S. The summed E-state index contributed by atoms with van der Waals surface area (Å²) in [6, 6.07) is 0.409. The standard InChI is InChI=1S/C6H3N3O9S.Na/c10-7(11)3-1-4(8(12)13)6(19(16,17)18)5(2-3)9(14)15;/h1-2H,(H,16,17,18);.